The van der Waals surface area contributed by atoms with Gasteiger partial charge in [0.05, 0.1) is 11.8 Å². The second kappa shape index (κ2) is 7.15. The lowest BCUT2D eigenvalue weighted by Gasteiger charge is -2.15. The van der Waals surface area contributed by atoms with Crippen LogP contribution in [-0.2, 0) is 0 Å². The molecule has 2 heteroatoms. The maximum Gasteiger partial charge on any atom is 0.142 e. The molecule has 0 saturated carbocycles. The highest BCUT2D eigenvalue weighted by Gasteiger charge is 2.03. The average molecular weight is 221 g/mol. The minimum atomic E-state index is 0.221. The van der Waals surface area contributed by atoms with Crippen molar-refractivity contribution in [2.24, 2.45) is 0 Å². The predicted molar refractivity (Wildman–Crippen MR) is 70.2 cm³/mol. The van der Waals surface area contributed by atoms with E-state index in [2.05, 4.69) is 18.3 Å². The molecule has 0 atom stereocenters. The summed E-state index contributed by atoms with van der Waals surface area (Å²) < 4.78 is 5.74. The Morgan fingerprint density at radius 1 is 1.19 bits per heavy atom. The van der Waals surface area contributed by atoms with Gasteiger partial charge in [-0.05, 0) is 32.4 Å². The molecule has 90 valence electrons. The van der Waals surface area contributed by atoms with E-state index in [-0.39, 0.29) is 6.10 Å². The lowest BCUT2D eigenvalue weighted by atomic mass is 10.2. The Labute approximate surface area is 99.0 Å². The van der Waals surface area contributed by atoms with Crippen LogP contribution in [0.25, 0.3) is 0 Å². The molecule has 0 amide bonds. The van der Waals surface area contributed by atoms with E-state index >= 15 is 0 Å². The van der Waals surface area contributed by atoms with Gasteiger partial charge >= 0.3 is 0 Å². The first-order chi connectivity index (χ1) is 7.74. The molecular weight excluding hydrogens is 198 g/mol. The van der Waals surface area contributed by atoms with E-state index < -0.39 is 0 Å². The minimum Gasteiger partial charge on any atom is -0.489 e. The number of ether oxygens (including phenoxy) is 1. The highest BCUT2D eigenvalue weighted by Crippen LogP contribution is 2.24. The van der Waals surface area contributed by atoms with E-state index in [0.717, 1.165) is 18.0 Å². The van der Waals surface area contributed by atoms with Crippen LogP contribution in [0.3, 0.4) is 0 Å². The number of hydrogen-bond donors (Lipinski definition) is 1. The smallest absolute Gasteiger partial charge is 0.142 e. The van der Waals surface area contributed by atoms with Gasteiger partial charge in [0.25, 0.3) is 0 Å². The summed E-state index contributed by atoms with van der Waals surface area (Å²) in [7, 11) is 0. The zero-order valence-electron chi connectivity index (χ0n) is 10.6. The van der Waals surface area contributed by atoms with Gasteiger partial charge in [-0.25, -0.2) is 0 Å². The SMILES string of the molecule is CCCCCNc1ccccc1OC(C)C. The summed E-state index contributed by atoms with van der Waals surface area (Å²) in [5.41, 5.74) is 1.10. The Kier molecular flexibility index (Phi) is 5.76. The third kappa shape index (κ3) is 4.56. The summed E-state index contributed by atoms with van der Waals surface area (Å²) in [6.45, 7) is 7.34. The first kappa shape index (κ1) is 12.9. The Balaban J connectivity index is 2.50. The standard InChI is InChI=1S/C14H23NO/c1-4-5-8-11-15-13-9-6-7-10-14(13)16-12(2)3/h6-7,9-10,12,15H,4-5,8,11H2,1-3H3. The lowest BCUT2D eigenvalue weighted by Crippen LogP contribution is -2.09. The van der Waals surface area contributed by atoms with Crippen LogP contribution < -0.4 is 10.1 Å². The fourth-order valence-electron chi connectivity index (χ4n) is 1.57. The minimum absolute atomic E-state index is 0.221. The lowest BCUT2D eigenvalue weighted by molar-refractivity contribution is 0.243. The summed E-state index contributed by atoms with van der Waals surface area (Å²) in [6, 6.07) is 8.14. The summed E-state index contributed by atoms with van der Waals surface area (Å²) >= 11 is 0. The predicted octanol–water partition coefficient (Wildman–Crippen LogP) is 4.08. The van der Waals surface area contributed by atoms with Crippen LogP contribution in [0.2, 0.25) is 0 Å². The molecule has 0 unspecified atom stereocenters. The molecule has 2 nitrogen and oxygen atoms in total. The zero-order valence-corrected chi connectivity index (χ0v) is 10.6. The fourth-order valence-corrected chi connectivity index (χ4v) is 1.57. The number of para-hydroxylation sites is 2. The fraction of sp³-hybridized carbons (Fsp3) is 0.571. The normalized spacial score (nSPS) is 10.5. The van der Waals surface area contributed by atoms with E-state index in [1.807, 2.05) is 32.0 Å². The van der Waals surface area contributed by atoms with Crippen molar-refractivity contribution in [2.75, 3.05) is 11.9 Å². The van der Waals surface area contributed by atoms with Gasteiger partial charge in [-0.2, -0.15) is 0 Å². The first-order valence-electron chi connectivity index (χ1n) is 6.23. The van der Waals surface area contributed by atoms with Crippen LogP contribution in [0.5, 0.6) is 5.75 Å². The Morgan fingerprint density at radius 3 is 2.62 bits per heavy atom. The molecule has 1 rings (SSSR count). The second-order valence-electron chi connectivity index (χ2n) is 4.30. The van der Waals surface area contributed by atoms with Crippen LogP contribution in [0.4, 0.5) is 5.69 Å². The molecule has 0 aliphatic carbocycles. The number of hydrogen-bond acceptors (Lipinski definition) is 2. The first-order valence-corrected chi connectivity index (χ1v) is 6.23. The van der Waals surface area contributed by atoms with Crippen molar-refractivity contribution >= 4 is 5.69 Å². The molecule has 0 aliphatic rings. The molecule has 0 saturated heterocycles. The molecule has 0 fully saturated rings. The Bertz CT molecular complexity index is 297. The summed E-state index contributed by atoms with van der Waals surface area (Å²) in [5, 5.41) is 3.43. The van der Waals surface area contributed by atoms with Gasteiger partial charge in [0.2, 0.25) is 0 Å². The van der Waals surface area contributed by atoms with Crippen LogP contribution in [0.15, 0.2) is 24.3 Å². The summed E-state index contributed by atoms with van der Waals surface area (Å²) in [6.07, 6.45) is 3.97. The van der Waals surface area contributed by atoms with Crippen LogP contribution in [0.1, 0.15) is 40.0 Å². The second-order valence-corrected chi connectivity index (χ2v) is 4.30. The van der Waals surface area contributed by atoms with Gasteiger partial charge in [-0.15, -0.1) is 0 Å². The molecular formula is C14H23NO. The van der Waals surface area contributed by atoms with Crippen LogP contribution in [-0.4, -0.2) is 12.6 Å². The number of rotatable bonds is 7. The molecule has 0 bridgehead atoms. The van der Waals surface area contributed by atoms with Gasteiger partial charge in [-0.3, -0.25) is 0 Å². The van der Waals surface area contributed by atoms with E-state index in [1.54, 1.807) is 0 Å². The molecule has 0 heterocycles. The van der Waals surface area contributed by atoms with Crippen molar-refractivity contribution in [3.63, 3.8) is 0 Å². The molecule has 1 aromatic carbocycles. The van der Waals surface area contributed by atoms with Gasteiger partial charge < -0.3 is 10.1 Å². The maximum absolute atomic E-state index is 5.74. The van der Waals surface area contributed by atoms with E-state index in [9.17, 15) is 0 Å². The van der Waals surface area contributed by atoms with E-state index in [0.29, 0.717) is 0 Å². The van der Waals surface area contributed by atoms with Crippen LogP contribution in [0, 0.1) is 0 Å². The molecule has 1 aromatic rings. The highest BCUT2D eigenvalue weighted by molar-refractivity contribution is 5.56. The number of anilines is 1. The van der Waals surface area contributed by atoms with E-state index in [4.69, 9.17) is 4.74 Å². The van der Waals surface area contributed by atoms with Crippen molar-refractivity contribution in [1.29, 1.82) is 0 Å². The molecule has 16 heavy (non-hydrogen) atoms. The summed E-state index contributed by atoms with van der Waals surface area (Å²) in [5.74, 6) is 0.953. The van der Waals surface area contributed by atoms with Crippen LogP contribution >= 0.6 is 0 Å². The molecule has 0 spiro atoms. The third-order valence-corrected chi connectivity index (χ3v) is 2.35. The quantitative estimate of drug-likeness (QED) is 0.701. The number of benzene rings is 1. The van der Waals surface area contributed by atoms with Gasteiger partial charge in [-0.1, -0.05) is 31.9 Å². The molecule has 0 radical (unpaired) electrons. The monoisotopic (exact) mass is 221 g/mol. The topological polar surface area (TPSA) is 21.3 Å². The zero-order chi connectivity index (χ0) is 11.8. The average Bonchev–Trinajstić information content (AvgIpc) is 2.26. The van der Waals surface area contributed by atoms with Crippen molar-refractivity contribution < 1.29 is 4.74 Å². The highest BCUT2D eigenvalue weighted by atomic mass is 16.5. The molecule has 0 aromatic heterocycles. The maximum atomic E-state index is 5.74. The van der Waals surface area contributed by atoms with Crippen molar-refractivity contribution in [1.82, 2.24) is 0 Å². The molecule has 0 aliphatic heterocycles. The third-order valence-electron chi connectivity index (χ3n) is 2.35. The number of unbranched alkanes of at least 4 members (excludes halogenated alkanes) is 2. The van der Waals surface area contributed by atoms with Gasteiger partial charge in [0.15, 0.2) is 0 Å². The van der Waals surface area contributed by atoms with Crippen molar-refractivity contribution in [2.45, 2.75) is 46.1 Å². The summed E-state index contributed by atoms with van der Waals surface area (Å²) in [4.78, 5) is 0. The number of nitrogens with one attached hydrogen (secondary N) is 1. The Morgan fingerprint density at radius 2 is 1.94 bits per heavy atom. The molecule has 1 N–H and O–H groups in total. The van der Waals surface area contributed by atoms with E-state index in [1.165, 1.54) is 19.3 Å². The van der Waals surface area contributed by atoms with Crippen molar-refractivity contribution in [3.05, 3.63) is 24.3 Å². The van der Waals surface area contributed by atoms with Gasteiger partial charge in [0, 0.05) is 6.54 Å². The Hall–Kier alpha value is -1.18. The largest absolute Gasteiger partial charge is 0.489 e. The van der Waals surface area contributed by atoms with Gasteiger partial charge in [0.1, 0.15) is 5.75 Å². The van der Waals surface area contributed by atoms with Crippen molar-refractivity contribution in [3.8, 4) is 5.75 Å².